The van der Waals surface area contributed by atoms with E-state index in [1.165, 1.54) is 0 Å². The average Bonchev–Trinajstić information content (AvgIpc) is 2.69. The summed E-state index contributed by atoms with van der Waals surface area (Å²) in [5.74, 6) is -2.03. The highest BCUT2D eigenvalue weighted by atomic mass is 19.4. The van der Waals surface area contributed by atoms with Crippen molar-refractivity contribution in [2.75, 3.05) is 5.32 Å². The van der Waals surface area contributed by atoms with Crippen molar-refractivity contribution < 1.29 is 22.8 Å². The molecule has 2 atom stereocenters. The van der Waals surface area contributed by atoms with Crippen molar-refractivity contribution in [1.82, 2.24) is 5.32 Å². The second kappa shape index (κ2) is 8.46. The van der Waals surface area contributed by atoms with Gasteiger partial charge in [-0.1, -0.05) is 24.6 Å². The first-order valence-corrected chi connectivity index (χ1v) is 9.17. The van der Waals surface area contributed by atoms with Crippen LogP contribution in [-0.4, -0.2) is 24.0 Å². The van der Waals surface area contributed by atoms with Crippen LogP contribution in [0.4, 0.5) is 18.9 Å². The van der Waals surface area contributed by atoms with E-state index < -0.39 is 24.0 Å². The van der Waals surface area contributed by atoms with Crippen molar-refractivity contribution in [3.05, 3.63) is 65.7 Å². The average molecular weight is 390 g/mol. The van der Waals surface area contributed by atoms with Crippen LogP contribution in [0.2, 0.25) is 0 Å². The van der Waals surface area contributed by atoms with Gasteiger partial charge in [-0.05, 0) is 55.7 Å². The van der Waals surface area contributed by atoms with E-state index in [1.54, 1.807) is 48.5 Å². The minimum Gasteiger partial charge on any atom is -0.349 e. The van der Waals surface area contributed by atoms with Gasteiger partial charge in [-0.2, -0.15) is 13.2 Å². The number of hydrogen-bond acceptors (Lipinski definition) is 2. The van der Waals surface area contributed by atoms with Crippen LogP contribution < -0.4 is 10.6 Å². The van der Waals surface area contributed by atoms with Crippen molar-refractivity contribution in [3.8, 4) is 0 Å². The van der Waals surface area contributed by atoms with Gasteiger partial charge in [-0.25, -0.2) is 0 Å². The number of benzene rings is 2. The summed E-state index contributed by atoms with van der Waals surface area (Å²) in [5, 5.41) is 5.43. The Morgan fingerprint density at radius 1 is 0.857 bits per heavy atom. The van der Waals surface area contributed by atoms with Gasteiger partial charge in [0.15, 0.2) is 0 Å². The van der Waals surface area contributed by atoms with Crippen LogP contribution in [0.1, 0.15) is 46.4 Å². The number of halogens is 3. The lowest BCUT2D eigenvalue weighted by Crippen LogP contribution is -2.41. The van der Waals surface area contributed by atoms with Gasteiger partial charge in [-0.15, -0.1) is 0 Å². The molecule has 1 aliphatic rings. The molecule has 7 heteroatoms. The second-order valence-corrected chi connectivity index (χ2v) is 6.97. The molecule has 1 aliphatic carbocycles. The Balaban J connectivity index is 1.57. The lowest BCUT2D eigenvalue weighted by molar-refractivity contribution is -0.183. The first-order valence-electron chi connectivity index (χ1n) is 9.17. The molecule has 0 saturated heterocycles. The lowest BCUT2D eigenvalue weighted by atomic mass is 9.85. The highest BCUT2D eigenvalue weighted by Crippen LogP contribution is 2.37. The molecule has 0 aliphatic heterocycles. The van der Waals surface area contributed by atoms with Gasteiger partial charge in [-0.3, -0.25) is 9.59 Å². The Morgan fingerprint density at radius 3 is 2.14 bits per heavy atom. The van der Waals surface area contributed by atoms with Crippen LogP contribution in [0.15, 0.2) is 54.6 Å². The molecular weight excluding hydrogens is 369 g/mol. The van der Waals surface area contributed by atoms with Crippen molar-refractivity contribution in [1.29, 1.82) is 0 Å². The number of hydrogen-bond donors (Lipinski definition) is 2. The molecule has 0 spiro atoms. The maximum absolute atomic E-state index is 12.9. The molecule has 1 fully saturated rings. The maximum Gasteiger partial charge on any atom is 0.391 e. The molecule has 28 heavy (non-hydrogen) atoms. The van der Waals surface area contributed by atoms with E-state index in [1.807, 2.05) is 6.07 Å². The first kappa shape index (κ1) is 19.9. The molecule has 4 nitrogen and oxygen atoms in total. The summed E-state index contributed by atoms with van der Waals surface area (Å²) in [4.78, 5) is 24.5. The number of alkyl halides is 3. The van der Waals surface area contributed by atoms with E-state index in [0.29, 0.717) is 29.7 Å². The van der Waals surface area contributed by atoms with Crippen LogP contribution in [0.3, 0.4) is 0 Å². The fraction of sp³-hybridized carbons (Fsp3) is 0.333. The number of nitrogens with one attached hydrogen (secondary N) is 2. The SMILES string of the molecule is O=C(Nc1ccc(C(=O)N[C@@H]2CCC[C@H](C(F)(F)F)C2)cc1)c1ccccc1. The van der Waals surface area contributed by atoms with Crippen molar-refractivity contribution in [2.24, 2.45) is 5.92 Å². The number of amides is 2. The van der Waals surface area contributed by atoms with E-state index in [9.17, 15) is 22.8 Å². The zero-order valence-corrected chi connectivity index (χ0v) is 15.1. The van der Waals surface area contributed by atoms with E-state index in [4.69, 9.17) is 0 Å². The third kappa shape index (κ3) is 5.12. The molecule has 0 radical (unpaired) electrons. The predicted molar refractivity (Wildman–Crippen MR) is 100 cm³/mol. The molecule has 0 bridgehead atoms. The quantitative estimate of drug-likeness (QED) is 0.789. The highest BCUT2D eigenvalue weighted by molar-refractivity contribution is 6.04. The van der Waals surface area contributed by atoms with Gasteiger partial charge in [0, 0.05) is 22.9 Å². The fourth-order valence-corrected chi connectivity index (χ4v) is 3.38. The number of rotatable bonds is 4. The van der Waals surface area contributed by atoms with E-state index >= 15 is 0 Å². The van der Waals surface area contributed by atoms with Crippen LogP contribution in [0.25, 0.3) is 0 Å². The summed E-state index contributed by atoms with van der Waals surface area (Å²) in [6.07, 6.45) is -3.20. The van der Waals surface area contributed by atoms with Crippen LogP contribution in [0.5, 0.6) is 0 Å². The summed E-state index contributed by atoms with van der Waals surface area (Å²) < 4.78 is 38.7. The standard InChI is InChI=1S/C21H21F3N2O2/c22-21(23,24)16-7-4-8-18(13-16)26-20(28)15-9-11-17(12-10-15)25-19(27)14-5-2-1-3-6-14/h1-3,5-6,9-12,16,18H,4,7-8,13H2,(H,25,27)(H,26,28)/t16-,18+/m0/s1. The number of carbonyl (C=O) groups is 2. The van der Waals surface area contributed by atoms with Gasteiger partial charge in [0.25, 0.3) is 11.8 Å². The van der Waals surface area contributed by atoms with E-state index in [-0.39, 0.29) is 18.7 Å². The van der Waals surface area contributed by atoms with Crippen LogP contribution in [-0.2, 0) is 0 Å². The monoisotopic (exact) mass is 390 g/mol. The molecule has 0 unspecified atom stereocenters. The van der Waals surface area contributed by atoms with Crippen molar-refractivity contribution >= 4 is 17.5 Å². The second-order valence-electron chi connectivity index (χ2n) is 6.97. The van der Waals surface area contributed by atoms with Gasteiger partial charge >= 0.3 is 6.18 Å². The fourth-order valence-electron chi connectivity index (χ4n) is 3.38. The Labute approximate surface area is 161 Å². The lowest BCUT2D eigenvalue weighted by Gasteiger charge is -2.31. The topological polar surface area (TPSA) is 58.2 Å². The smallest absolute Gasteiger partial charge is 0.349 e. The normalized spacial score (nSPS) is 19.7. The van der Waals surface area contributed by atoms with Crippen LogP contribution >= 0.6 is 0 Å². The van der Waals surface area contributed by atoms with Gasteiger partial charge < -0.3 is 10.6 Å². The van der Waals surface area contributed by atoms with Crippen LogP contribution in [0, 0.1) is 5.92 Å². The van der Waals surface area contributed by atoms with Crippen molar-refractivity contribution in [2.45, 2.75) is 37.9 Å². The molecule has 2 N–H and O–H groups in total. The Kier molecular flexibility index (Phi) is 6.02. The predicted octanol–water partition coefficient (Wildman–Crippen LogP) is 4.79. The molecule has 0 aromatic heterocycles. The maximum atomic E-state index is 12.9. The van der Waals surface area contributed by atoms with Gasteiger partial charge in [0.2, 0.25) is 0 Å². The third-order valence-corrected chi connectivity index (χ3v) is 4.91. The summed E-state index contributed by atoms with van der Waals surface area (Å²) in [7, 11) is 0. The van der Waals surface area contributed by atoms with Gasteiger partial charge in [0.05, 0.1) is 5.92 Å². The zero-order chi connectivity index (χ0) is 20.1. The molecule has 1 saturated carbocycles. The van der Waals surface area contributed by atoms with E-state index in [0.717, 1.165) is 0 Å². The van der Waals surface area contributed by atoms with Gasteiger partial charge in [0.1, 0.15) is 0 Å². The van der Waals surface area contributed by atoms with E-state index in [2.05, 4.69) is 10.6 Å². The Morgan fingerprint density at radius 2 is 1.50 bits per heavy atom. The minimum atomic E-state index is -4.22. The summed E-state index contributed by atoms with van der Waals surface area (Å²) >= 11 is 0. The highest BCUT2D eigenvalue weighted by Gasteiger charge is 2.42. The molecule has 2 aromatic rings. The molecule has 2 amide bonds. The molecule has 148 valence electrons. The molecule has 0 heterocycles. The van der Waals surface area contributed by atoms with Crippen molar-refractivity contribution in [3.63, 3.8) is 0 Å². The Bertz CT molecular complexity index is 820. The molecule has 2 aromatic carbocycles. The zero-order valence-electron chi connectivity index (χ0n) is 15.1. The minimum absolute atomic E-state index is 0.0829. The largest absolute Gasteiger partial charge is 0.391 e. The summed E-state index contributed by atoms with van der Waals surface area (Å²) in [6, 6.07) is 14.5. The number of anilines is 1. The first-order chi connectivity index (χ1) is 13.3. The summed E-state index contributed by atoms with van der Waals surface area (Å²) in [5.41, 5.74) is 1.38. The summed E-state index contributed by atoms with van der Waals surface area (Å²) in [6.45, 7) is 0. The molecular formula is C21H21F3N2O2. The molecule has 3 rings (SSSR count). The Hall–Kier alpha value is -2.83. The third-order valence-electron chi connectivity index (χ3n) is 4.91. The number of carbonyl (C=O) groups excluding carboxylic acids is 2.